The van der Waals surface area contributed by atoms with Crippen LogP contribution in [0.2, 0.25) is 0 Å². The van der Waals surface area contributed by atoms with Gasteiger partial charge in [-0.1, -0.05) is 72.4 Å². The van der Waals surface area contributed by atoms with Crippen LogP contribution >= 0.6 is 11.8 Å². The summed E-state index contributed by atoms with van der Waals surface area (Å²) >= 11 is 1.33. The van der Waals surface area contributed by atoms with Crippen LogP contribution in [-0.2, 0) is 27.4 Å². The zero-order chi connectivity index (χ0) is 24.2. The van der Waals surface area contributed by atoms with Gasteiger partial charge < -0.3 is 19.9 Å². The van der Waals surface area contributed by atoms with Crippen LogP contribution in [0.5, 0.6) is 0 Å². The number of nitrogens with two attached hydrogens (primary N) is 1. The van der Waals surface area contributed by atoms with Crippen molar-refractivity contribution in [3.05, 3.63) is 95.2 Å². The first kappa shape index (κ1) is 23.1. The minimum atomic E-state index is -1.58. The van der Waals surface area contributed by atoms with Crippen molar-refractivity contribution in [1.29, 1.82) is 0 Å². The molecule has 0 saturated heterocycles. The molecule has 0 fully saturated rings. The number of thioether (sulfide) groups is 1. The number of aromatic nitrogens is 4. The van der Waals surface area contributed by atoms with E-state index in [2.05, 4.69) is 15.1 Å². The summed E-state index contributed by atoms with van der Waals surface area (Å²) in [6.45, 7) is 0.616. The van der Waals surface area contributed by atoms with Gasteiger partial charge in [0.1, 0.15) is 18.9 Å². The topological polar surface area (TPSA) is 96.8 Å². The molecule has 4 aromatic rings. The molecule has 0 aliphatic carbocycles. The molecule has 0 spiro atoms. The van der Waals surface area contributed by atoms with Crippen molar-refractivity contribution in [3.63, 3.8) is 0 Å². The second-order valence-electron chi connectivity index (χ2n) is 7.88. The van der Waals surface area contributed by atoms with Gasteiger partial charge in [-0.3, -0.25) is 0 Å². The van der Waals surface area contributed by atoms with Crippen molar-refractivity contribution < 1.29 is 18.6 Å². The Morgan fingerprint density at radius 3 is 2.40 bits per heavy atom. The number of ether oxygens (including phenoxy) is 3. The molecule has 2 N–H and O–H groups in total. The lowest BCUT2D eigenvalue weighted by Crippen LogP contribution is -2.16. The minimum Gasteiger partial charge on any atom is -0.486 e. The Kier molecular flexibility index (Phi) is 6.82. The number of fused-ring (bicyclic) bond motifs is 1. The molecule has 8 nitrogen and oxygen atoms in total. The fraction of sp³-hybridized carbons (Fsp3) is 0.240. The molecule has 2 aromatic carbocycles. The van der Waals surface area contributed by atoms with Crippen molar-refractivity contribution in [2.24, 2.45) is 0 Å². The Hall–Kier alpha value is -3.63. The number of benzene rings is 2. The Bertz CT molecular complexity index is 1330. The molecular weight excluding hydrogens is 469 g/mol. The quantitative estimate of drug-likeness (QED) is 0.341. The summed E-state index contributed by atoms with van der Waals surface area (Å²) in [5.41, 5.74) is 8.71. The molecule has 2 atom stereocenters. The van der Waals surface area contributed by atoms with Gasteiger partial charge in [-0.15, -0.1) is 5.10 Å². The van der Waals surface area contributed by atoms with E-state index < -0.39 is 12.3 Å². The third kappa shape index (κ3) is 4.94. The van der Waals surface area contributed by atoms with E-state index in [0.717, 1.165) is 11.1 Å². The molecule has 1 aliphatic heterocycles. The molecule has 35 heavy (non-hydrogen) atoms. The third-order valence-corrected chi connectivity index (χ3v) is 6.05. The highest BCUT2D eigenvalue weighted by Gasteiger charge is 2.42. The number of alkyl halides is 1. The van der Waals surface area contributed by atoms with Gasteiger partial charge in [0.2, 0.25) is 11.3 Å². The normalized spacial score (nSPS) is 17.7. The van der Waals surface area contributed by atoms with Crippen LogP contribution in [0.4, 0.5) is 10.2 Å². The van der Waals surface area contributed by atoms with Gasteiger partial charge in [-0.05, 0) is 17.4 Å². The lowest BCUT2D eigenvalue weighted by molar-refractivity contribution is 0.0455. The van der Waals surface area contributed by atoms with E-state index in [1.54, 1.807) is 0 Å². The third-order valence-electron chi connectivity index (χ3n) is 5.51. The van der Waals surface area contributed by atoms with E-state index in [4.69, 9.17) is 19.9 Å². The summed E-state index contributed by atoms with van der Waals surface area (Å²) in [6.07, 6.45) is 0.739. The molecule has 5 rings (SSSR count). The van der Waals surface area contributed by atoms with Crippen molar-refractivity contribution in [3.8, 4) is 0 Å². The number of hydrogen-bond donors (Lipinski definition) is 1. The molecule has 2 aromatic heterocycles. The number of halogens is 1. The van der Waals surface area contributed by atoms with Crippen molar-refractivity contribution >= 4 is 23.2 Å². The highest BCUT2D eigenvalue weighted by Crippen LogP contribution is 2.40. The maximum absolute atomic E-state index is 15.8. The summed E-state index contributed by atoms with van der Waals surface area (Å²) < 4.78 is 35.2. The largest absolute Gasteiger partial charge is 0.486 e. The maximum atomic E-state index is 15.8. The Balaban J connectivity index is 1.40. The predicted molar refractivity (Wildman–Crippen MR) is 130 cm³/mol. The van der Waals surface area contributed by atoms with E-state index in [0.29, 0.717) is 28.9 Å². The van der Waals surface area contributed by atoms with Crippen LogP contribution in [0, 0.1) is 0 Å². The molecule has 10 heteroatoms. The molecule has 0 saturated carbocycles. The monoisotopic (exact) mass is 493 g/mol. The predicted octanol–water partition coefficient (Wildman–Crippen LogP) is 4.48. The molecule has 0 radical (unpaired) electrons. The minimum absolute atomic E-state index is 0.0554. The lowest BCUT2D eigenvalue weighted by Gasteiger charge is -2.14. The highest BCUT2D eigenvalue weighted by molar-refractivity contribution is 7.98. The SMILES string of the molecule is CSc1nc(N)c2ncc([C@@H]3OC(COCc4ccccc4)=C(OCc4ccccc4)[C@H]3F)n2n1. The van der Waals surface area contributed by atoms with Crippen molar-refractivity contribution in [2.45, 2.75) is 30.6 Å². The maximum Gasteiger partial charge on any atom is 0.209 e. The Labute approximate surface area is 205 Å². The van der Waals surface area contributed by atoms with E-state index in [-0.39, 0.29) is 24.8 Å². The second-order valence-corrected chi connectivity index (χ2v) is 8.66. The van der Waals surface area contributed by atoms with E-state index in [1.807, 2.05) is 66.9 Å². The summed E-state index contributed by atoms with van der Waals surface area (Å²) in [5, 5.41) is 4.87. The summed E-state index contributed by atoms with van der Waals surface area (Å²) in [7, 11) is 0. The number of anilines is 1. The smallest absolute Gasteiger partial charge is 0.209 e. The van der Waals surface area contributed by atoms with Crippen LogP contribution in [0.1, 0.15) is 22.9 Å². The standard InChI is InChI=1S/C25H24FN5O3S/c1-35-25-29-23(27)24-28-12-18(31(24)30-25)21-20(26)22(33-14-17-10-6-3-7-11-17)19(34-21)15-32-13-16-8-4-2-5-9-16/h2-12,20-21H,13-15H2,1H3,(H2,27,29,30)/t20-,21-/m0/s1. The van der Waals surface area contributed by atoms with E-state index in [9.17, 15) is 0 Å². The molecular formula is C25H24FN5O3S. The number of hydrogen-bond acceptors (Lipinski definition) is 8. The molecule has 180 valence electrons. The summed E-state index contributed by atoms with van der Waals surface area (Å²) in [5.74, 6) is 0.620. The number of nitrogen functional groups attached to an aromatic ring is 1. The molecule has 1 aliphatic rings. The molecule has 3 heterocycles. The summed E-state index contributed by atoms with van der Waals surface area (Å²) in [4.78, 5) is 8.48. The zero-order valence-corrected chi connectivity index (χ0v) is 19.8. The van der Waals surface area contributed by atoms with Crippen molar-refractivity contribution in [1.82, 2.24) is 19.6 Å². The van der Waals surface area contributed by atoms with Gasteiger partial charge in [0.25, 0.3) is 0 Å². The fourth-order valence-corrected chi connectivity index (χ4v) is 4.14. The van der Waals surface area contributed by atoms with Crippen LogP contribution < -0.4 is 5.73 Å². The fourth-order valence-electron chi connectivity index (χ4n) is 3.79. The van der Waals surface area contributed by atoms with Crippen molar-refractivity contribution in [2.75, 3.05) is 18.6 Å². The lowest BCUT2D eigenvalue weighted by atomic mass is 10.1. The van der Waals surface area contributed by atoms with Gasteiger partial charge in [0, 0.05) is 0 Å². The zero-order valence-electron chi connectivity index (χ0n) is 19.0. The van der Waals surface area contributed by atoms with E-state index in [1.165, 1.54) is 22.5 Å². The van der Waals surface area contributed by atoms with E-state index >= 15 is 4.39 Å². The average molecular weight is 494 g/mol. The van der Waals surface area contributed by atoms with Gasteiger partial charge in [-0.2, -0.15) is 0 Å². The number of nitrogens with zero attached hydrogens (tertiary/aromatic N) is 4. The van der Waals surface area contributed by atoms with Gasteiger partial charge >= 0.3 is 0 Å². The Morgan fingerprint density at radius 2 is 1.71 bits per heavy atom. The Morgan fingerprint density at radius 1 is 1.03 bits per heavy atom. The average Bonchev–Trinajstić information content (AvgIpc) is 3.45. The molecule has 0 bridgehead atoms. The first-order chi connectivity index (χ1) is 17.1. The van der Waals surface area contributed by atoms with Gasteiger partial charge in [-0.25, -0.2) is 18.9 Å². The molecule has 0 unspecified atom stereocenters. The number of rotatable bonds is 9. The molecule has 0 amide bonds. The van der Waals surface area contributed by atoms with Gasteiger partial charge in [0.15, 0.2) is 29.1 Å². The van der Waals surface area contributed by atoms with Gasteiger partial charge in [0.05, 0.1) is 12.8 Å². The number of imidazole rings is 1. The van der Waals surface area contributed by atoms with Crippen LogP contribution in [0.15, 0.2) is 83.5 Å². The van der Waals surface area contributed by atoms with Crippen LogP contribution in [0.3, 0.4) is 0 Å². The first-order valence-electron chi connectivity index (χ1n) is 11.0. The summed E-state index contributed by atoms with van der Waals surface area (Å²) in [6, 6.07) is 19.3. The first-order valence-corrected chi connectivity index (χ1v) is 12.2. The second kappa shape index (κ2) is 10.3. The van der Waals surface area contributed by atoms with Crippen LogP contribution in [-0.4, -0.2) is 38.6 Å². The van der Waals surface area contributed by atoms with Crippen LogP contribution in [0.25, 0.3) is 5.65 Å². The highest BCUT2D eigenvalue weighted by atomic mass is 32.2.